The maximum atomic E-state index is 12.6. The molecule has 3 rings (SSSR count). The monoisotopic (exact) mass is 418 g/mol. The average Bonchev–Trinajstić information content (AvgIpc) is 3.31. The van der Waals surface area contributed by atoms with Crippen LogP contribution in [0.5, 0.6) is 0 Å². The number of hydrogen-bond acceptors (Lipinski definition) is 5. The Morgan fingerprint density at radius 1 is 1.32 bits per heavy atom. The van der Waals surface area contributed by atoms with Gasteiger partial charge in [0.15, 0.2) is 11.7 Å². The summed E-state index contributed by atoms with van der Waals surface area (Å²) in [7, 11) is 1.68. The fourth-order valence-corrected chi connectivity index (χ4v) is 3.80. The number of nitrogens with one attached hydrogen (secondary N) is 2. The van der Waals surface area contributed by atoms with Crippen molar-refractivity contribution in [1.29, 1.82) is 0 Å². The zero-order valence-corrected chi connectivity index (χ0v) is 16.6. The second kappa shape index (κ2) is 9.08. The van der Waals surface area contributed by atoms with Gasteiger partial charge in [-0.3, -0.25) is 14.7 Å². The van der Waals surface area contributed by atoms with Crippen molar-refractivity contribution in [2.75, 3.05) is 46.3 Å². The van der Waals surface area contributed by atoms with E-state index in [1.165, 1.54) is 0 Å². The van der Waals surface area contributed by atoms with Crippen LogP contribution < -0.4 is 10.6 Å². The van der Waals surface area contributed by atoms with E-state index < -0.39 is 11.9 Å². The molecule has 7 nitrogen and oxygen atoms in total. The number of piperazine rings is 1. The van der Waals surface area contributed by atoms with Crippen LogP contribution in [0.3, 0.4) is 0 Å². The summed E-state index contributed by atoms with van der Waals surface area (Å²) in [5.41, 5.74) is -0.835. The third kappa shape index (κ3) is 6.06. The first-order valence-corrected chi connectivity index (χ1v) is 10.2. The van der Waals surface area contributed by atoms with E-state index in [1.54, 1.807) is 7.05 Å². The van der Waals surface area contributed by atoms with Crippen LogP contribution in [0.4, 0.5) is 13.2 Å². The zero-order chi connectivity index (χ0) is 20.1. The Labute approximate surface area is 166 Å². The number of guanidine groups is 1. The maximum Gasteiger partial charge on any atom is 0.434 e. The summed E-state index contributed by atoms with van der Waals surface area (Å²) < 4.78 is 37.8. The molecule has 1 saturated heterocycles. The summed E-state index contributed by atoms with van der Waals surface area (Å²) in [6.45, 7) is 3.89. The normalized spacial score (nSPS) is 19.0. The van der Waals surface area contributed by atoms with Crippen LogP contribution in [0.2, 0.25) is 0 Å². The molecule has 1 aromatic heterocycles. The molecule has 2 aliphatic rings. The molecule has 11 heteroatoms. The van der Waals surface area contributed by atoms with E-state index in [0.29, 0.717) is 30.6 Å². The molecule has 2 heterocycles. The van der Waals surface area contributed by atoms with E-state index in [-0.39, 0.29) is 5.91 Å². The zero-order valence-electron chi connectivity index (χ0n) is 15.8. The van der Waals surface area contributed by atoms with Gasteiger partial charge in [0, 0.05) is 57.6 Å². The molecule has 0 atom stereocenters. The predicted molar refractivity (Wildman–Crippen MR) is 101 cm³/mol. The van der Waals surface area contributed by atoms with Crippen LogP contribution in [0.25, 0.3) is 0 Å². The Morgan fingerprint density at radius 3 is 2.61 bits per heavy atom. The van der Waals surface area contributed by atoms with Crippen LogP contribution in [0, 0.1) is 0 Å². The minimum Gasteiger partial charge on any atom is -0.356 e. The summed E-state index contributed by atoms with van der Waals surface area (Å²) in [6, 6.07) is 0.377. The largest absolute Gasteiger partial charge is 0.434 e. The molecular formula is C17H25F3N6OS. The van der Waals surface area contributed by atoms with Gasteiger partial charge in [-0.15, -0.1) is 11.3 Å². The molecule has 28 heavy (non-hydrogen) atoms. The fourth-order valence-electron chi connectivity index (χ4n) is 2.99. The molecule has 0 bridgehead atoms. The van der Waals surface area contributed by atoms with E-state index in [4.69, 9.17) is 0 Å². The number of hydrogen-bond donors (Lipinski definition) is 2. The Bertz CT molecular complexity index is 695. The molecule has 2 fully saturated rings. The highest BCUT2D eigenvalue weighted by Crippen LogP contribution is 2.30. The van der Waals surface area contributed by atoms with Gasteiger partial charge in [-0.05, 0) is 12.8 Å². The van der Waals surface area contributed by atoms with Crippen LogP contribution in [0.15, 0.2) is 10.4 Å². The Balaban J connectivity index is 1.38. The van der Waals surface area contributed by atoms with Crippen molar-refractivity contribution in [2.45, 2.75) is 31.5 Å². The van der Waals surface area contributed by atoms with Gasteiger partial charge < -0.3 is 15.5 Å². The topological polar surface area (TPSA) is 72.9 Å². The van der Waals surface area contributed by atoms with E-state index in [2.05, 4.69) is 30.4 Å². The molecule has 1 saturated carbocycles. The highest BCUT2D eigenvalue weighted by Gasteiger charge is 2.33. The van der Waals surface area contributed by atoms with Gasteiger partial charge in [0.2, 0.25) is 5.91 Å². The number of rotatable bonds is 6. The summed E-state index contributed by atoms with van der Waals surface area (Å²) >= 11 is 1.02. The van der Waals surface area contributed by atoms with Gasteiger partial charge in [0.05, 0.1) is 11.6 Å². The van der Waals surface area contributed by atoms with Gasteiger partial charge >= 0.3 is 6.18 Å². The Hall–Kier alpha value is -1.88. The predicted octanol–water partition coefficient (Wildman–Crippen LogP) is 1.18. The van der Waals surface area contributed by atoms with E-state index in [9.17, 15) is 18.0 Å². The Morgan fingerprint density at radius 2 is 2.04 bits per heavy atom. The SMILES string of the molecule is CN=C(NCCc1nc(C(F)(F)F)cs1)N1CCN(CC(=O)NC2CC2)CC1. The van der Waals surface area contributed by atoms with Crippen LogP contribution in [-0.2, 0) is 17.4 Å². The van der Waals surface area contributed by atoms with Crippen molar-refractivity contribution in [3.63, 3.8) is 0 Å². The molecule has 1 aliphatic heterocycles. The van der Waals surface area contributed by atoms with Crippen molar-refractivity contribution in [2.24, 2.45) is 4.99 Å². The van der Waals surface area contributed by atoms with Gasteiger partial charge in [-0.25, -0.2) is 4.98 Å². The van der Waals surface area contributed by atoms with Crippen molar-refractivity contribution in [3.05, 3.63) is 16.1 Å². The lowest BCUT2D eigenvalue weighted by Crippen LogP contribution is -2.54. The summed E-state index contributed by atoms with van der Waals surface area (Å²) in [6.07, 6.45) is -1.82. The number of carbonyl (C=O) groups excluding carboxylic acids is 1. The van der Waals surface area contributed by atoms with Gasteiger partial charge in [-0.2, -0.15) is 13.2 Å². The summed E-state index contributed by atoms with van der Waals surface area (Å²) in [5.74, 6) is 0.801. The van der Waals surface area contributed by atoms with Crippen molar-refractivity contribution >= 4 is 23.2 Å². The number of amides is 1. The first-order valence-electron chi connectivity index (χ1n) is 9.34. The molecule has 1 aliphatic carbocycles. The molecule has 1 aromatic rings. The van der Waals surface area contributed by atoms with Crippen molar-refractivity contribution in [3.8, 4) is 0 Å². The third-order valence-electron chi connectivity index (χ3n) is 4.66. The molecule has 0 aromatic carbocycles. The molecule has 0 unspecified atom stereocenters. The lowest BCUT2D eigenvalue weighted by Gasteiger charge is -2.36. The quantitative estimate of drug-likeness (QED) is 0.536. The molecule has 0 radical (unpaired) electrons. The van der Waals surface area contributed by atoms with Gasteiger partial charge in [-0.1, -0.05) is 0 Å². The van der Waals surface area contributed by atoms with Crippen molar-refractivity contribution < 1.29 is 18.0 Å². The van der Waals surface area contributed by atoms with Gasteiger partial charge in [0.1, 0.15) is 0 Å². The minimum absolute atomic E-state index is 0.0835. The second-order valence-corrected chi connectivity index (χ2v) is 7.90. The highest BCUT2D eigenvalue weighted by molar-refractivity contribution is 7.09. The first-order chi connectivity index (χ1) is 13.3. The van der Waals surface area contributed by atoms with Crippen LogP contribution in [-0.4, -0.2) is 79.0 Å². The fraction of sp³-hybridized carbons (Fsp3) is 0.706. The number of nitrogens with zero attached hydrogens (tertiary/aromatic N) is 4. The van der Waals surface area contributed by atoms with E-state index in [1.807, 2.05) is 0 Å². The first kappa shape index (κ1) is 20.8. The highest BCUT2D eigenvalue weighted by atomic mass is 32.1. The summed E-state index contributed by atoms with van der Waals surface area (Å²) in [5, 5.41) is 7.67. The third-order valence-corrected chi connectivity index (χ3v) is 5.57. The molecular weight excluding hydrogens is 393 g/mol. The number of carbonyl (C=O) groups is 1. The van der Waals surface area contributed by atoms with E-state index in [0.717, 1.165) is 61.7 Å². The van der Waals surface area contributed by atoms with Gasteiger partial charge in [0.25, 0.3) is 0 Å². The second-order valence-electron chi connectivity index (χ2n) is 6.95. The standard InChI is InChI=1S/C17H25F3N6OS/c1-21-16(22-5-4-15-24-13(11-28-15)17(18,19)20)26-8-6-25(7-9-26)10-14(27)23-12-2-3-12/h11-12H,2-10H2,1H3,(H,21,22)(H,23,27). The van der Waals surface area contributed by atoms with Crippen molar-refractivity contribution in [1.82, 2.24) is 25.4 Å². The number of alkyl halides is 3. The van der Waals surface area contributed by atoms with Crippen LogP contribution >= 0.6 is 11.3 Å². The number of thiazole rings is 1. The van der Waals surface area contributed by atoms with Crippen LogP contribution in [0.1, 0.15) is 23.5 Å². The lowest BCUT2D eigenvalue weighted by molar-refractivity contribution is -0.140. The molecule has 1 amide bonds. The Kier molecular flexibility index (Phi) is 6.76. The average molecular weight is 418 g/mol. The molecule has 156 valence electrons. The maximum absolute atomic E-state index is 12.6. The van der Waals surface area contributed by atoms with E-state index >= 15 is 0 Å². The molecule has 0 spiro atoms. The summed E-state index contributed by atoms with van der Waals surface area (Å²) in [4.78, 5) is 24.0. The number of aliphatic imine (C=N–C) groups is 1. The lowest BCUT2D eigenvalue weighted by atomic mass is 10.3. The molecule has 2 N–H and O–H groups in total. The number of aromatic nitrogens is 1. The number of halogens is 3. The minimum atomic E-state index is -4.40. The smallest absolute Gasteiger partial charge is 0.356 e.